The van der Waals surface area contributed by atoms with E-state index < -0.39 is 33.6 Å². The molecule has 1 unspecified atom stereocenters. The Morgan fingerprint density at radius 1 is 1.00 bits per heavy atom. The molecule has 1 N–H and O–H groups in total. The molecule has 0 spiro atoms. The van der Waals surface area contributed by atoms with E-state index in [1.807, 2.05) is 26.8 Å². The van der Waals surface area contributed by atoms with Gasteiger partial charge in [0.15, 0.2) is 6.10 Å². The average Bonchev–Trinajstić information content (AvgIpc) is 2.62. The lowest BCUT2D eigenvalue weighted by Gasteiger charge is -2.23. The average molecular weight is 434 g/mol. The van der Waals surface area contributed by atoms with Gasteiger partial charge in [-0.05, 0) is 83.0 Å². The van der Waals surface area contributed by atoms with Crippen LogP contribution in [0, 0.1) is 13.8 Å². The van der Waals surface area contributed by atoms with Gasteiger partial charge in [-0.25, -0.2) is 4.79 Å². The number of hydrogen-bond acceptors (Lipinski definition) is 6. The topological polar surface area (TPSA) is 98.8 Å². The number of esters is 1. The van der Waals surface area contributed by atoms with E-state index in [1.165, 1.54) is 31.2 Å². The molecule has 1 amide bonds. The summed E-state index contributed by atoms with van der Waals surface area (Å²) in [6, 6.07) is 10.5. The SMILES string of the molecule is Cc1ccc(C)c(S(=O)(=O)Oc2ccc(C(=O)OC(C)C(=O)NC(C)(C)C)cc2)c1. The summed E-state index contributed by atoms with van der Waals surface area (Å²) in [7, 11) is -4.02. The van der Waals surface area contributed by atoms with Crippen LogP contribution in [0.2, 0.25) is 0 Å². The molecule has 8 heteroatoms. The Labute approximate surface area is 177 Å². The molecule has 1 atom stereocenters. The van der Waals surface area contributed by atoms with Crippen molar-refractivity contribution < 1.29 is 26.9 Å². The van der Waals surface area contributed by atoms with Crippen LogP contribution in [0.4, 0.5) is 0 Å². The highest BCUT2D eigenvalue weighted by atomic mass is 32.2. The van der Waals surface area contributed by atoms with Gasteiger partial charge in [0, 0.05) is 5.54 Å². The third-order valence-electron chi connectivity index (χ3n) is 4.06. The quantitative estimate of drug-likeness (QED) is 0.553. The fraction of sp³-hybridized carbons (Fsp3) is 0.364. The Bertz CT molecular complexity index is 1040. The Balaban J connectivity index is 2.08. The summed E-state index contributed by atoms with van der Waals surface area (Å²) in [5.74, 6) is -1.04. The molecule has 0 aliphatic heterocycles. The Morgan fingerprint density at radius 2 is 1.60 bits per heavy atom. The van der Waals surface area contributed by atoms with Crippen molar-refractivity contribution in [2.24, 2.45) is 0 Å². The van der Waals surface area contributed by atoms with Gasteiger partial charge in [0.05, 0.1) is 5.56 Å². The second-order valence-electron chi connectivity index (χ2n) is 8.12. The van der Waals surface area contributed by atoms with E-state index in [-0.39, 0.29) is 16.2 Å². The summed E-state index contributed by atoms with van der Waals surface area (Å²) in [5, 5.41) is 2.73. The van der Waals surface area contributed by atoms with Crippen LogP contribution in [0.1, 0.15) is 49.2 Å². The van der Waals surface area contributed by atoms with Crippen LogP contribution in [-0.2, 0) is 19.6 Å². The molecule has 0 saturated carbocycles. The molecular formula is C22H27NO6S. The monoisotopic (exact) mass is 433 g/mol. The van der Waals surface area contributed by atoms with E-state index in [4.69, 9.17) is 8.92 Å². The van der Waals surface area contributed by atoms with E-state index in [2.05, 4.69) is 5.32 Å². The van der Waals surface area contributed by atoms with Gasteiger partial charge in [-0.3, -0.25) is 4.79 Å². The van der Waals surface area contributed by atoms with Crippen LogP contribution in [-0.4, -0.2) is 31.9 Å². The molecule has 2 aromatic carbocycles. The van der Waals surface area contributed by atoms with Crippen molar-refractivity contribution in [3.05, 3.63) is 59.2 Å². The summed E-state index contributed by atoms with van der Waals surface area (Å²) < 4.78 is 35.5. The number of benzene rings is 2. The number of ether oxygens (including phenoxy) is 1. The molecule has 0 aliphatic rings. The minimum Gasteiger partial charge on any atom is -0.449 e. The van der Waals surface area contributed by atoms with E-state index in [0.717, 1.165) is 5.56 Å². The molecule has 0 fully saturated rings. The predicted molar refractivity (Wildman–Crippen MR) is 113 cm³/mol. The highest BCUT2D eigenvalue weighted by Crippen LogP contribution is 2.23. The zero-order chi connectivity index (χ0) is 22.7. The summed E-state index contributed by atoms with van der Waals surface area (Å²) in [5.41, 5.74) is 1.09. The summed E-state index contributed by atoms with van der Waals surface area (Å²) >= 11 is 0. The molecule has 7 nitrogen and oxygen atoms in total. The van der Waals surface area contributed by atoms with Crippen LogP contribution in [0.25, 0.3) is 0 Å². The van der Waals surface area contributed by atoms with E-state index in [9.17, 15) is 18.0 Å². The summed E-state index contributed by atoms with van der Waals surface area (Å²) in [4.78, 5) is 24.4. The van der Waals surface area contributed by atoms with Crippen LogP contribution in [0.15, 0.2) is 47.4 Å². The maximum Gasteiger partial charge on any atom is 0.339 e. The third-order valence-corrected chi connectivity index (χ3v) is 5.45. The molecule has 0 bridgehead atoms. The Hall–Kier alpha value is -2.87. The lowest BCUT2D eigenvalue weighted by Crippen LogP contribution is -2.46. The molecule has 30 heavy (non-hydrogen) atoms. The smallest absolute Gasteiger partial charge is 0.339 e. The lowest BCUT2D eigenvalue weighted by molar-refractivity contribution is -0.130. The number of carbonyl (C=O) groups is 2. The first-order chi connectivity index (χ1) is 13.8. The zero-order valence-electron chi connectivity index (χ0n) is 18.0. The van der Waals surface area contributed by atoms with Crippen molar-refractivity contribution in [3.63, 3.8) is 0 Å². The van der Waals surface area contributed by atoms with Gasteiger partial charge in [-0.1, -0.05) is 12.1 Å². The second kappa shape index (κ2) is 8.87. The first-order valence-corrected chi connectivity index (χ1v) is 10.8. The number of rotatable bonds is 6. The number of nitrogens with one attached hydrogen (secondary N) is 1. The standard InChI is InChI=1S/C22H27NO6S/c1-14-7-8-15(2)19(13-14)30(26,27)29-18-11-9-17(10-12-18)21(25)28-16(3)20(24)23-22(4,5)6/h7-13,16H,1-6H3,(H,23,24). The first-order valence-electron chi connectivity index (χ1n) is 9.43. The normalized spacial score (nSPS) is 12.7. The first kappa shape index (κ1) is 23.4. The highest BCUT2D eigenvalue weighted by molar-refractivity contribution is 7.87. The van der Waals surface area contributed by atoms with E-state index in [1.54, 1.807) is 26.0 Å². The molecule has 0 heterocycles. The number of amides is 1. The summed E-state index contributed by atoms with van der Waals surface area (Å²) in [6.07, 6.45) is -0.975. The summed E-state index contributed by atoms with van der Waals surface area (Å²) in [6.45, 7) is 10.4. The number of aryl methyl sites for hydroxylation is 2. The largest absolute Gasteiger partial charge is 0.449 e. The lowest BCUT2D eigenvalue weighted by atomic mass is 10.1. The van der Waals surface area contributed by atoms with Crippen LogP contribution in [0.5, 0.6) is 5.75 Å². The van der Waals surface area contributed by atoms with Crippen molar-refractivity contribution in [2.75, 3.05) is 0 Å². The van der Waals surface area contributed by atoms with Crippen LogP contribution < -0.4 is 9.50 Å². The Kier molecular flexibility index (Phi) is 6.92. The molecule has 162 valence electrons. The second-order valence-corrected chi connectivity index (χ2v) is 9.63. The maximum atomic E-state index is 12.6. The fourth-order valence-corrected chi connectivity index (χ4v) is 3.79. The Morgan fingerprint density at radius 3 is 2.17 bits per heavy atom. The maximum absolute atomic E-state index is 12.6. The van der Waals surface area contributed by atoms with Crippen LogP contribution in [0.3, 0.4) is 0 Å². The minimum absolute atomic E-state index is 0.0611. The van der Waals surface area contributed by atoms with E-state index >= 15 is 0 Å². The predicted octanol–water partition coefficient (Wildman–Crippen LogP) is 3.53. The van der Waals surface area contributed by atoms with Crippen molar-refractivity contribution in [1.82, 2.24) is 5.32 Å². The molecule has 2 rings (SSSR count). The molecular weight excluding hydrogens is 406 g/mol. The molecule has 2 aromatic rings. The van der Waals surface area contributed by atoms with Gasteiger partial charge < -0.3 is 14.2 Å². The zero-order valence-corrected chi connectivity index (χ0v) is 18.8. The van der Waals surface area contributed by atoms with Gasteiger partial charge in [0.2, 0.25) is 0 Å². The van der Waals surface area contributed by atoms with Gasteiger partial charge in [-0.15, -0.1) is 0 Å². The highest BCUT2D eigenvalue weighted by Gasteiger charge is 2.23. The van der Waals surface area contributed by atoms with Gasteiger partial charge in [0.1, 0.15) is 10.6 Å². The van der Waals surface area contributed by atoms with Crippen LogP contribution >= 0.6 is 0 Å². The van der Waals surface area contributed by atoms with Gasteiger partial charge in [-0.2, -0.15) is 8.42 Å². The minimum atomic E-state index is -4.02. The fourth-order valence-electron chi connectivity index (χ4n) is 2.55. The third kappa shape index (κ3) is 6.32. The molecule has 0 aromatic heterocycles. The van der Waals surface area contributed by atoms with Crippen molar-refractivity contribution in [1.29, 1.82) is 0 Å². The van der Waals surface area contributed by atoms with Gasteiger partial charge in [0.25, 0.3) is 5.91 Å². The molecule has 0 radical (unpaired) electrons. The van der Waals surface area contributed by atoms with Crippen molar-refractivity contribution in [2.45, 2.75) is 58.1 Å². The molecule has 0 aliphatic carbocycles. The van der Waals surface area contributed by atoms with Crippen molar-refractivity contribution >= 4 is 22.0 Å². The number of carbonyl (C=O) groups excluding carboxylic acids is 2. The van der Waals surface area contributed by atoms with Gasteiger partial charge >= 0.3 is 16.1 Å². The van der Waals surface area contributed by atoms with E-state index in [0.29, 0.717) is 5.56 Å². The molecule has 0 saturated heterocycles. The van der Waals surface area contributed by atoms with Crippen molar-refractivity contribution in [3.8, 4) is 5.75 Å². The number of hydrogen-bond donors (Lipinski definition) is 1.